The van der Waals surface area contributed by atoms with E-state index in [-0.39, 0.29) is 11.8 Å². The molecule has 8 heteroatoms. The predicted molar refractivity (Wildman–Crippen MR) is 123 cm³/mol. The molecule has 2 heterocycles. The first kappa shape index (κ1) is 22.7. The second-order valence-corrected chi connectivity index (χ2v) is 8.27. The number of aryl methyl sites for hydroxylation is 1. The molecule has 0 N–H and O–H groups in total. The zero-order chi connectivity index (χ0) is 23.0. The fourth-order valence-corrected chi connectivity index (χ4v) is 3.88. The van der Waals surface area contributed by atoms with Gasteiger partial charge in [-0.05, 0) is 17.7 Å². The van der Waals surface area contributed by atoms with Gasteiger partial charge in [-0.1, -0.05) is 53.7 Å². The second kappa shape index (κ2) is 10.9. The van der Waals surface area contributed by atoms with Crippen LogP contribution in [0.1, 0.15) is 34.1 Å². The first-order chi connectivity index (χ1) is 16.1. The van der Waals surface area contributed by atoms with Crippen molar-refractivity contribution < 1.29 is 14.1 Å². The van der Waals surface area contributed by atoms with Crippen LogP contribution in [0.25, 0.3) is 0 Å². The van der Waals surface area contributed by atoms with Crippen molar-refractivity contribution in [3.63, 3.8) is 0 Å². The summed E-state index contributed by atoms with van der Waals surface area (Å²) in [4.78, 5) is 35.3. The maximum absolute atomic E-state index is 12.6. The zero-order valence-electron chi connectivity index (χ0n) is 18.9. The highest BCUT2D eigenvalue weighted by molar-refractivity contribution is 5.94. The van der Waals surface area contributed by atoms with Gasteiger partial charge in [-0.25, -0.2) is 0 Å². The Morgan fingerprint density at radius 3 is 2.33 bits per heavy atom. The van der Waals surface area contributed by atoms with Gasteiger partial charge in [-0.2, -0.15) is 4.98 Å². The van der Waals surface area contributed by atoms with E-state index in [0.717, 1.165) is 24.2 Å². The van der Waals surface area contributed by atoms with Crippen LogP contribution >= 0.6 is 0 Å². The lowest BCUT2D eigenvalue weighted by Gasteiger charge is -2.34. The molecule has 0 bridgehead atoms. The molecule has 0 aliphatic carbocycles. The molecule has 0 spiro atoms. The van der Waals surface area contributed by atoms with Crippen molar-refractivity contribution in [2.24, 2.45) is 0 Å². The maximum atomic E-state index is 12.6. The number of piperazine rings is 1. The van der Waals surface area contributed by atoms with Crippen LogP contribution in [0, 0.1) is 0 Å². The molecule has 0 radical (unpaired) electrons. The summed E-state index contributed by atoms with van der Waals surface area (Å²) >= 11 is 0. The monoisotopic (exact) mass is 447 g/mol. The lowest BCUT2D eigenvalue weighted by molar-refractivity contribution is -0.130. The number of benzene rings is 2. The third-order valence-corrected chi connectivity index (χ3v) is 5.80. The molecule has 0 atom stereocenters. The van der Waals surface area contributed by atoms with E-state index in [1.165, 1.54) is 0 Å². The van der Waals surface area contributed by atoms with Crippen LogP contribution in [0.15, 0.2) is 65.2 Å². The molecular formula is C25H29N5O3. The van der Waals surface area contributed by atoms with E-state index in [0.29, 0.717) is 50.7 Å². The summed E-state index contributed by atoms with van der Waals surface area (Å²) in [5.74, 6) is 1.19. The summed E-state index contributed by atoms with van der Waals surface area (Å²) in [7, 11) is 1.80. The van der Waals surface area contributed by atoms with E-state index in [2.05, 4.69) is 15.0 Å². The number of aromatic nitrogens is 2. The third kappa shape index (κ3) is 6.26. The van der Waals surface area contributed by atoms with Gasteiger partial charge in [0.05, 0.1) is 6.54 Å². The van der Waals surface area contributed by atoms with Crippen LogP contribution in [-0.2, 0) is 24.3 Å². The highest BCUT2D eigenvalue weighted by Crippen LogP contribution is 2.12. The fraction of sp³-hybridized carbons (Fsp3) is 0.360. The van der Waals surface area contributed by atoms with E-state index < -0.39 is 0 Å². The Morgan fingerprint density at radius 2 is 1.64 bits per heavy atom. The minimum Gasteiger partial charge on any atom is -0.341 e. The molecule has 172 valence electrons. The van der Waals surface area contributed by atoms with Gasteiger partial charge < -0.3 is 14.3 Å². The van der Waals surface area contributed by atoms with E-state index in [1.54, 1.807) is 11.9 Å². The average molecular weight is 448 g/mol. The standard InChI is InChI=1S/C25H29N5O3/c1-28(18-20-8-4-2-5-9-20)24(31)13-12-23-26-22(27-33-23)19-29-14-16-30(17-15-29)25(32)21-10-6-3-7-11-21/h2-11H,12-19H2,1H3. The predicted octanol–water partition coefficient (Wildman–Crippen LogP) is 2.62. The van der Waals surface area contributed by atoms with Gasteiger partial charge in [0.25, 0.3) is 5.91 Å². The second-order valence-electron chi connectivity index (χ2n) is 8.27. The first-order valence-electron chi connectivity index (χ1n) is 11.2. The summed E-state index contributed by atoms with van der Waals surface area (Å²) in [6.07, 6.45) is 0.746. The first-order valence-corrected chi connectivity index (χ1v) is 11.2. The Labute approximate surface area is 193 Å². The molecule has 1 aliphatic heterocycles. The van der Waals surface area contributed by atoms with Crippen LogP contribution in [0.4, 0.5) is 0 Å². The van der Waals surface area contributed by atoms with Crippen LogP contribution in [0.3, 0.4) is 0 Å². The summed E-state index contributed by atoms with van der Waals surface area (Å²) in [6, 6.07) is 19.3. The van der Waals surface area contributed by atoms with Gasteiger partial charge in [0.2, 0.25) is 11.8 Å². The van der Waals surface area contributed by atoms with Gasteiger partial charge in [0, 0.05) is 58.2 Å². The van der Waals surface area contributed by atoms with E-state index in [1.807, 2.05) is 65.6 Å². The Hall–Kier alpha value is -3.52. The summed E-state index contributed by atoms with van der Waals surface area (Å²) in [6.45, 7) is 3.99. The molecule has 8 nitrogen and oxygen atoms in total. The van der Waals surface area contributed by atoms with Crippen molar-refractivity contribution in [1.82, 2.24) is 24.8 Å². The SMILES string of the molecule is CN(Cc1ccccc1)C(=O)CCc1nc(CN2CCN(C(=O)c3ccccc3)CC2)no1. The molecule has 1 saturated heterocycles. The fourth-order valence-electron chi connectivity index (χ4n) is 3.88. The van der Waals surface area contributed by atoms with Gasteiger partial charge in [0.1, 0.15) is 0 Å². The highest BCUT2D eigenvalue weighted by atomic mass is 16.5. The number of hydrogen-bond donors (Lipinski definition) is 0. The Morgan fingerprint density at radius 1 is 0.970 bits per heavy atom. The molecule has 33 heavy (non-hydrogen) atoms. The van der Waals surface area contributed by atoms with E-state index in [4.69, 9.17) is 4.52 Å². The highest BCUT2D eigenvalue weighted by Gasteiger charge is 2.23. The molecule has 4 rings (SSSR count). The summed E-state index contributed by atoms with van der Waals surface area (Å²) in [5.41, 5.74) is 1.82. The molecule has 2 amide bonds. The van der Waals surface area contributed by atoms with Crippen LogP contribution in [0.2, 0.25) is 0 Å². The normalized spacial score (nSPS) is 14.3. The van der Waals surface area contributed by atoms with Crippen molar-refractivity contribution in [2.45, 2.75) is 25.9 Å². The molecule has 1 fully saturated rings. The topological polar surface area (TPSA) is 82.8 Å². The van der Waals surface area contributed by atoms with Crippen molar-refractivity contribution in [1.29, 1.82) is 0 Å². The molecule has 0 unspecified atom stereocenters. The molecule has 3 aromatic rings. The third-order valence-electron chi connectivity index (χ3n) is 5.80. The minimum atomic E-state index is 0.0396. The molecule has 1 aliphatic rings. The van der Waals surface area contributed by atoms with Crippen LogP contribution < -0.4 is 0 Å². The zero-order valence-corrected chi connectivity index (χ0v) is 18.9. The number of nitrogens with zero attached hydrogens (tertiary/aromatic N) is 5. The van der Waals surface area contributed by atoms with Gasteiger partial charge in [-0.3, -0.25) is 14.5 Å². The largest absolute Gasteiger partial charge is 0.341 e. The Kier molecular flexibility index (Phi) is 7.47. The van der Waals surface area contributed by atoms with Crippen LogP contribution in [0.5, 0.6) is 0 Å². The van der Waals surface area contributed by atoms with Crippen LogP contribution in [-0.4, -0.2) is 69.9 Å². The smallest absolute Gasteiger partial charge is 0.253 e. The summed E-state index contributed by atoms with van der Waals surface area (Å²) < 4.78 is 5.35. The number of carbonyl (C=O) groups excluding carboxylic acids is 2. The van der Waals surface area contributed by atoms with Crippen molar-refractivity contribution in [2.75, 3.05) is 33.2 Å². The average Bonchev–Trinajstić information content (AvgIpc) is 3.31. The lowest BCUT2D eigenvalue weighted by atomic mass is 10.2. The van der Waals surface area contributed by atoms with Crippen molar-refractivity contribution >= 4 is 11.8 Å². The number of amides is 2. The number of carbonyl (C=O) groups is 2. The Balaban J connectivity index is 1.20. The quantitative estimate of drug-likeness (QED) is 0.528. The number of rotatable bonds is 8. The maximum Gasteiger partial charge on any atom is 0.253 e. The Bertz CT molecular complexity index is 1050. The molecular weight excluding hydrogens is 418 g/mol. The lowest BCUT2D eigenvalue weighted by Crippen LogP contribution is -2.48. The molecule has 1 aromatic heterocycles. The van der Waals surface area contributed by atoms with Crippen molar-refractivity contribution in [3.8, 4) is 0 Å². The number of hydrogen-bond acceptors (Lipinski definition) is 6. The molecule has 0 saturated carbocycles. The van der Waals surface area contributed by atoms with Gasteiger partial charge >= 0.3 is 0 Å². The van der Waals surface area contributed by atoms with E-state index >= 15 is 0 Å². The molecule has 2 aromatic carbocycles. The van der Waals surface area contributed by atoms with Crippen molar-refractivity contribution in [3.05, 3.63) is 83.5 Å². The van der Waals surface area contributed by atoms with E-state index in [9.17, 15) is 9.59 Å². The van der Waals surface area contributed by atoms with Gasteiger partial charge in [0.15, 0.2) is 5.82 Å². The minimum absolute atomic E-state index is 0.0396. The summed E-state index contributed by atoms with van der Waals surface area (Å²) in [5, 5.41) is 4.07. The van der Waals surface area contributed by atoms with Gasteiger partial charge in [-0.15, -0.1) is 0 Å².